The summed E-state index contributed by atoms with van der Waals surface area (Å²) in [4.78, 5) is 23.1. The molecule has 0 saturated carbocycles. The number of hydrogen-bond donors (Lipinski definition) is 0. The Labute approximate surface area is 224 Å². The van der Waals surface area contributed by atoms with Crippen molar-refractivity contribution in [3.8, 4) is 34.5 Å². The van der Waals surface area contributed by atoms with Crippen LogP contribution in [-0.2, 0) is 4.79 Å². The number of ether oxygens (including phenoxy) is 4. The van der Waals surface area contributed by atoms with Crippen LogP contribution in [0.15, 0.2) is 97.1 Å². The number of carbonyl (C=O) groups excluding carboxylic acids is 1. The molecule has 0 aliphatic heterocycles. The van der Waals surface area contributed by atoms with Crippen LogP contribution in [0.3, 0.4) is 0 Å². The number of carbonyl (C=O) groups is 1. The molecule has 0 saturated heterocycles. The van der Waals surface area contributed by atoms with Gasteiger partial charge in [0, 0.05) is 17.2 Å². The summed E-state index contributed by atoms with van der Waals surface area (Å²) in [6.45, 7) is 1.96. The maximum absolute atomic E-state index is 12.8. The van der Waals surface area contributed by atoms with Crippen LogP contribution < -0.4 is 18.9 Å². The molecule has 8 nitrogen and oxygen atoms in total. The summed E-state index contributed by atoms with van der Waals surface area (Å²) < 4.78 is 22.9. The Kier molecular flexibility index (Phi) is 8.79. The first kappa shape index (κ1) is 26.5. The molecule has 0 aromatic heterocycles. The Morgan fingerprint density at radius 3 is 1.63 bits per heavy atom. The Morgan fingerprint density at radius 1 is 0.737 bits per heavy atom. The van der Waals surface area contributed by atoms with Crippen molar-refractivity contribution in [1.29, 1.82) is 0 Å². The van der Waals surface area contributed by atoms with Gasteiger partial charge < -0.3 is 18.9 Å². The van der Waals surface area contributed by atoms with E-state index in [-0.39, 0.29) is 5.69 Å². The number of nitrogens with zero attached hydrogens (tertiary/aromatic N) is 1. The van der Waals surface area contributed by atoms with Crippen LogP contribution in [0.4, 0.5) is 5.69 Å². The van der Waals surface area contributed by atoms with Gasteiger partial charge >= 0.3 is 5.97 Å². The van der Waals surface area contributed by atoms with Crippen LogP contribution in [0, 0.1) is 10.1 Å². The van der Waals surface area contributed by atoms with Crippen LogP contribution in [0.25, 0.3) is 0 Å². The second-order valence-corrected chi connectivity index (χ2v) is 8.60. The molecular weight excluding hydrogens is 510 g/mol. The monoisotopic (exact) mass is 533 g/mol. The number of esters is 1. The molecule has 0 amide bonds. The summed E-state index contributed by atoms with van der Waals surface area (Å²) in [6, 6.07) is 26.2. The molecule has 4 rings (SSSR count). The predicted octanol–water partition coefficient (Wildman–Crippen LogP) is 7.99. The van der Waals surface area contributed by atoms with E-state index in [0.29, 0.717) is 45.9 Å². The maximum atomic E-state index is 12.8. The van der Waals surface area contributed by atoms with Crippen molar-refractivity contribution < 1.29 is 28.7 Å². The van der Waals surface area contributed by atoms with E-state index in [1.807, 2.05) is 6.92 Å². The molecule has 0 N–H and O–H groups in total. The van der Waals surface area contributed by atoms with Crippen LogP contribution >= 0.6 is 11.6 Å². The van der Waals surface area contributed by atoms with E-state index in [9.17, 15) is 14.9 Å². The molecule has 4 aromatic carbocycles. The Morgan fingerprint density at radius 2 is 1.16 bits per heavy atom. The molecule has 9 heteroatoms. The van der Waals surface area contributed by atoms with E-state index < -0.39 is 17.0 Å². The topological polar surface area (TPSA) is 97.1 Å². The highest BCUT2D eigenvalue weighted by atomic mass is 35.5. The number of halogens is 1. The third-order valence-corrected chi connectivity index (χ3v) is 5.54. The van der Waals surface area contributed by atoms with Crippen molar-refractivity contribution in [2.45, 2.75) is 25.9 Å². The maximum Gasteiger partial charge on any atom is 0.352 e. The molecule has 1 unspecified atom stereocenters. The first-order valence-electron chi connectivity index (χ1n) is 11.8. The van der Waals surface area contributed by atoms with Crippen molar-refractivity contribution in [2.24, 2.45) is 0 Å². The van der Waals surface area contributed by atoms with E-state index in [2.05, 4.69) is 0 Å². The van der Waals surface area contributed by atoms with Gasteiger partial charge in [-0.05, 0) is 91.3 Å². The fourth-order valence-electron chi connectivity index (χ4n) is 3.41. The van der Waals surface area contributed by atoms with Crippen molar-refractivity contribution in [3.63, 3.8) is 0 Å². The number of rotatable bonds is 11. The first-order valence-corrected chi connectivity index (χ1v) is 12.2. The minimum atomic E-state index is -0.793. The van der Waals surface area contributed by atoms with E-state index >= 15 is 0 Å². The number of benzene rings is 4. The fourth-order valence-corrected chi connectivity index (χ4v) is 3.53. The van der Waals surface area contributed by atoms with E-state index in [4.69, 9.17) is 30.5 Å². The summed E-state index contributed by atoms with van der Waals surface area (Å²) in [6.07, 6.45) is 0.405. The Bertz CT molecular complexity index is 1360. The number of nitro groups is 1. The smallest absolute Gasteiger partial charge is 0.352 e. The zero-order chi connectivity index (χ0) is 26.9. The molecular formula is C29H24ClNO7. The number of non-ortho nitro benzene ring substituents is 1. The average molecular weight is 534 g/mol. The summed E-state index contributed by atoms with van der Waals surface area (Å²) in [5.41, 5.74) is -0.0225. The summed E-state index contributed by atoms with van der Waals surface area (Å²) in [7, 11) is 0. The molecule has 0 aliphatic carbocycles. The van der Waals surface area contributed by atoms with Gasteiger partial charge in [-0.3, -0.25) is 10.1 Å². The molecule has 1 atom stereocenters. The quantitative estimate of drug-likeness (QED) is 0.0833. The normalized spacial score (nSPS) is 11.3. The fraction of sp³-hybridized carbons (Fsp3) is 0.138. The lowest BCUT2D eigenvalue weighted by atomic mass is 10.2. The van der Waals surface area contributed by atoms with Gasteiger partial charge in [-0.1, -0.05) is 24.9 Å². The van der Waals surface area contributed by atoms with Gasteiger partial charge in [-0.2, -0.15) is 0 Å². The first-order chi connectivity index (χ1) is 18.4. The lowest BCUT2D eigenvalue weighted by Gasteiger charge is -2.18. The van der Waals surface area contributed by atoms with Crippen molar-refractivity contribution >= 4 is 23.3 Å². The highest BCUT2D eigenvalue weighted by Gasteiger charge is 2.22. The van der Waals surface area contributed by atoms with Crippen LogP contribution in [0.1, 0.15) is 19.8 Å². The largest absolute Gasteiger partial charge is 0.479 e. The predicted molar refractivity (Wildman–Crippen MR) is 143 cm³/mol. The van der Waals surface area contributed by atoms with Gasteiger partial charge in [0.15, 0.2) is 6.10 Å². The lowest BCUT2D eigenvalue weighted by molar-refractivity contribution is -0.384. The molecule has 0 spiro atoms. The van der Waals surface area contributed by atoms with Gasteiger partial charge in [-0.25, -0.2) is 4.79 Å². The van der Waals surface area contributed by atoms with Gasteiger partial charge in [0.1, 0.15) is 34.5 Å². The summed E-state index contributed by atoms with van der Waals surface area (Å²) >= 11 is 5.90. The highest BCUT2D eigenvalue weighted by molar-refractivity contribution is 6.30. The second-order valence-electron chi connectivity index (χ2n) is 8.17. The molecule has 38 heavy (non-hydrogen) atoms. The molecule has 0 heterocycles. The van der Waals surface area contributed by atoms with Crippen LogP contribution in [-0.4, -0.2) is 17.0 Å². The zero-order valence-electron chi connectivity index (χ0n) is 20.4. The standard InChI is InChI=1S/C29H24ClNO7/c1-2-3-28(37-26-16-12-24(13-17-26)35-22-8-4-20(30)5-9-22)29(32)38-27-18-14-25(15-19-27)36-23-10-6-21(7-11-23)31(33)34/h4-19,28H,2-3H2,1H3. The summed E-state index contributed by atoms with van der Waals surface area (Å²) in [5, 5.41) is 11.4. The highest BCUT2D eigenvalue weighted by Crippen LogP contribution is 2.28. The van der Waals surface area contributed by atoms with Crippen molar-refractivity contribution in [3.05, 3.63) is 112 Å². The van der Waals surface area contributed by atoms with Gasteiger partial charge in [0.25, 0.3) is 5.69 Å². The van der Waals surface area contributed by atoms with E-state index in [1.54, 1.807) is 72.8 Å². The lowest BCUT2D eigenvalue weighted by Crippen LogP contribution is -2.31. The van der Waals surface area contributed by atoms with E-state index in [0.717, 1.165) is 6.42 Å². The van der Waals surface area contributed by atoms with Gasteiger partial charge in [-0.15, -0.1) is 0 Å². The minimum absolute atomic E-state index is 0.0225. The Hall–Kier alpha value is -4.56. The number of hydrogen-bond acceptors (Lipinski definition) is 7. The van der Waals surface area contributed by atoms with Crippen LogP contribution in [0.5, 0.6) is 34.5 Å². The average Bonchev–Trinajstić information content (AvgIpc) is 2.92. The second kappa shape index (κ2) is 12.6. The molecule has 0 fully saturated rings. The molecule has 4 aromatic rings. The van der Waals surface area contributed by atoms with Crippen molar-refractivity contribution in [2.75, 3.05) is 0 Å². The minimum Gasteiger partial charge on any atom is -0.479 e. The SMILES string of the molecule is CCCC(Oc1ccc(Oc2ccc(Cl)cc2)cc1)C(=O)Oc1ccc(Oc2ccc([N+](=O)[O-])cc2)cc1. The van der Waals surface area contributed by atoms with E-state index in [1.165, 1.54) is 24.3 Å². The van der Waals surface area contributed by atoms with Gasteiger partial charge in [0.2, 0.25) is 0 Å². The molecule has 0 aliphatic rings. The zero-order valence-corrected chi connectivity index (χ0v) is 21.2. The molecule has 194 valence electrons. The van der Waals surface area contributed by atoms with Crippen LogP contribution in [0.2, 0.25) is 5.02 Å². The third-order valence-electron chi connectivity index (χ3n) is 5.29. The number of nitro benzene ring substituents is 1. The molecule has 0 radical (unpaired) electrons. The van der Waals surface area contributed by atoms with Gasteiger partial charge in [0.05, 0.1) is 4.92 Å². The molecule has 0 bridgehead atoms. The van der Waals surface area contributed by atoms with Crippen molar-refractivity contribution in [1.82, 2.24) is 0 Å². The summed E-state index contributed by atoms with van der Waals surface area (Å²) in [5.74, 6) is 2.53. The third kappa shape index (κ3) is 7.47. The Balaban J connectivity index is 1.33.